The molecule has 102 valence electrons. The maximum absolute atomic E-state index is 9.39. The van der Waals surface area contributed by atoms with Gasteiger partial charge in [-0.05, 0) is 30.0 Å². The van der Waals surface area contributed by atoms with E-state index in [1.54, 1.807) is 0 Å². The Balaban J connectivity index is 2.11. The van der Waals surface area contributed by atoms with Crippen LogP contribution in [0.5, 0.6) is 0 Å². The highest BCUT2D eigenvalue weighted by atomic mass is 14.9. The normalized spacial score (nSPS) is 13.4. The fourth-order valence-corrected chi connectivity index (χ4v) is 2.24. The third-order valence-corrected chi connectivity index (χ3v) is 3.57. The Morgan fingerprint density at radius 1 is 1.00 bits per heavy atom. The van der Waals surface area contributed by atoms with Gasteiger partial charge in [-0.1, -0.05) is 61.5 Å². The molecule has 0 saturated heterocycles. The minimum Gasteiger partial charge on any atom is -0.292 e. The van der Waals surface area contributed by atoms with E-state index >= 15 is 0 Å². The van der Waals surface area contributed by atoms with Gasteiger partial charge in [0.2, 0.25) is 0 Å². The molecule has 0 aliphatic carbocycles. The second-order valence-electron chi connectivity index (χ2n) is 4.96. The minimum absolute atomic E-state index is 0.145. The molecule has 2 aromatic rings. The molecule has 2 heteroatoms. The van der Waals surface area contributed by atoms with Crippen LogP contribution in [0, 0.1) is 11.3 Å². The molecule has 2 rings (SSSR count). The van der Waals surface area contributed by atoms with Crippen LogP contribution in [0.4, 0.5) is 0 Å². The Bertz CT molecular complexity index is 567. The van der Waals surface area contributed by atoms with Gasteiger partial charge in [0.1, 0.15) is 6.04 Å². The van der Waals surface area contributed by atoms with Crippen LogP contribution in [0.15, 0.2) is 54.6 Å². The van der Waals surface area contributed by atoms with Crippen molar-refractivity contribution in [3.63, 3.8) is 0 Å². The molecule has 2 atom stereocenters. The number of aryl methyl sites for hydroxylation is 1. The summed E-state index contributed by atoms with van der Waals surface area (Å²) in [5.41, 5.74) is 3.51. The lowest BCUT2D eigenvalue weighted by Gasteiger charge is -2.19. The van der Waals surface area contributed by atoms with Gasteiger partial charge in [-0.25, -0.2) is 0 Å². The van der Waals surface area contributed by atoms with E-state index in [0.29, 0.717) is 0 Å². The molecule has 0 aromatic heterocycles. The lowest BCUT2D eigenvalue weighted by atomic mass is 10.0. The fourth-order valence-electron chi connectivity index (χ4n) is 2.24. The lowest BCUT2D eigenvalue weighted by Crippen LogP contribution is -2.23. The van der Waals surface area contributed by atoms with Gasteiger partial charge in [0.25, 0.3) is 0 Å². The van der Waals surface area contributed by atoms with Gasteiger partial charge in [0.15, 0.2) is 0 Å². The summed E-state index contributed by atoms with van der Waals surface area (Å²) in [6.45, 7) is 4.21. The zero-order valence-electron chi connectivity index (χ0n) is 12.0. The third kappa shape index (κ3) is 3.46. The largest absolute Gasteiger partial charge is 0.292 e. The highest BCUT2D eigenvalue weighted by Crippen LogP contribution is 2.19. The van der Waals surface area contributed by atoms with Crippen molar-refractivity contribution in [1.82, 2.24) is 5.32 Å². The van der Waals surface area contributed by atoms with Crippen molar-refractivity contribution in [2.75, 3.05) is 0 Å². The second kappa shape index (κ2) is 6.88. The number of hydrogen-bond acceptors (Lipinski definition) is 2. The van der Waals surface area contributed by atoms with Crippen LogP contribution in [0.1, 0.15) is 42.6 Å². The third-order valence-electron chi connectivity index (χ3n) is 3.57. The van der Waals surface area contributed by atoms with Crippen molar-refractivity contribution in [2.24, 2.45) is 0 Å². The SMILES string of the molecule is CCc1ccc(C(C#N)NC(C)c2ccccc2)cc1. The monoisotopic (exact) mass is 264 g/mol. The smallest absolute Gasteiger partial charge is 0.121 e. The molecule has 0 saturated carbocycles. The van der Waals surface area contributed by atoms with Crippen LogP contribution in [-0.4, -0.2) is 0 Å². The van der Waals surface area contributed by atoms with Gasteiger partial charge in [-0.3, -0.25) is 5.32 Å². The first-order valence-corrected chi connectivity index (χ1v) is 7.04. The molecule has 2 unspecified atom stereocenters. The van der Waals surface area contributed by atoms with Crippen molar-refractivity contribution in [3.8, 4) is 6.07 Å². The van der Waals surface area contributed by atoms with E-state index in [1.165, 1.54) is 11.1 Å². The van der Waals surface area contributed by atoms with Crippen molar-refractivity contribution in [2.45, 2.75) is 32.4 Å². The van der Waals surface area contributed by atoms with E-state index in [-0.39, 0.29) is 12.1 Å². The van der Waals surface area contributed by atoms with Crippen LogP contribution in [0.2, 0.25) is 0 Å². The predicted molar refractivity (Wildman–Crippen MR) is 82.2 cm³/mol. The standard InChI is InChI=1S/C18H20N2/c1-3-15-9-11-17(12-10-15)18(13-19)20-14(2)16-7-5-4-6-8-16/h4-12,14,18,20H,3H2,1-2H3. The summed E-state index contributed by atoms with van der Waals surface area (Å²) in [6, 6.07) is 20.7. The van der Waals surface area contributed by atoms with Crippen LogP contribution in [0.25, 0.3) is 0 Å². The molecule has 0 bridgehead atoms. The zero-order valence-corrected chi connectivity index (χ0v) is 12.0. The number of benzene rings is 2. The van der Waals surface area contributed by atoms with Crippen LogP contribution >= 0.6 is 0 Å². The average Bonchev–Trinajstić information content (AvgIpc) is 2.53. The molecule has 0 amide bonds. The van der Waals surface area contributed by atoms with E-state index in [2.05, 4.69) is 49.5 Å². The molecule has 0 aliphatic heterocycles. The van der Waals surface area contributed by atoms with Gasteiger partial charge in [-0.15, -0.1) is 0 Å². The molecule has 2 aromatic carbocycles. The van der Waals surface area contributed by atoms with Crippen molar-refractivity contribution in [3.05, 3.63) is 71.3 Å². The molecule has 0 fully saturated rings. The number of rotatable bonds is 5. The molecular weight excluding hydrogens is 244 g/mol. The summed E-state index contributed by atoms with van der Waals surface area (Å²) in [5, 5.41) is 12.8. The van der Waals surface area contributed by atoms with Crippen molar-refractivity contribution < 1.29 is 0 Å². The molecule has 2 nitrogen and oxygen atoms in total. The summed E-state index contributed by atoms with van der Waals surface area (Å²) in [6.07, 6.45) is 1.02. The Morgan fingerprint density at radius 3 is 2.20 bits per heavy atom. The summed E-state index contributed by atoms with van der Waals surface area (Å²) in [7, 11) is 0. The highest BCUT2D eigenvalue weighted by molar-refractivity contribution is 5.29. The summed E-state index contributed by atoms with van der Waals surface area (Å²) in [4.78, 5) is 0. The summed E-state index contributed by atoms with van der Waals surface area (Å²) >= 11 is 0. The Morgan fingerprint density at radius 2 is 1.65 bits per heavy atom. The number of nitrogens with zero attached hydrogens (tertiary/aromatic N) is 1. The average molecular weight is 264 g/mol. The van der Waals surface area contributed by atoms with E-state index < -0.39 is 0 Å². The first-order chi connectivity index (χ1) is 9.74. The topological polar surface area (TPSA) is 35.8 Å². The fraction of sp³-hybridized carbons (Fsp3) is 0.278. The van der Waals surface area contributed by atoms with E-state index in [4.69, 9.17) is 0 Å². The lowest BCUT2D eigenvalue weighted by molar-refractivity contribution is 0.533. The van der Waals surface area contributed by atoms with Crippen LogP contribution < -0.4 is 5.32 Å². The molecule has 20 heavy (non-hydrogen) atoms. The maximum atomic E-state index is 9.39. The minimum atomic E-state index is -0.281. The molecule has 0 heterocycles. The Kier molecular flexibility index (Phi) is 4.92. The Labute approximate surface area is 121 Å². The molecule has 0 aliphatic rings. The van der Waals surface area contributed by atoms with Gasteiger partial charge < -0.3 is 0 Å². The highest BCUT2D eigenvalue weighted by Gasteiger charge is 2.14. The zero-order chi connectivity index (χ0) is 14.4. The molecular formula is C18H20N2. The van der Waals surface area contributed by atoms with Gasteiger partial charge in [0.05, 0.1) is 6.07 Å². The van der Waals surface area contributed by atoms with E-state index in [0.717, 1.165) is 12.0 Å². The first kappa shape index (κ1) is 14.3. The quantitative estimate of drug-likeness (QED) is 0.880. The van der Waals surface area contributed by atoms with E-state index in [9.17, 15) is 5.26 Å². The number of nitrogens with one attached hydrogen (secondary N) is 1. The molecule has 0 radical (unpaired) electrons. The Hall–Kier alpha value is -2.11. The predicted octanol–water partition coefficient (Wildman–Crippen LogP) is 4.16. The van der Waals surface area contributed by atoms with Gasteiger partial charge in [-0.2, -0.15) is 5.26 Å². The summed E-state index contributed by atoms with van der Waals surface area (Å²) in [5.74, 6) is 0. The molecule has 1 N–H and O–H groups in total. The summed E-state index contributed by atoms with van der Waals surface area (Å²) < 4.78 is 0. The number of nitriles is 1. The van der Waals surface area contributed by atoms with Gasteiger partial charge in [0, 0.05) is 6.04 Å². The second-order valence-corrected chi connectivity index (χ2v) is 4.96. The van der Waals surface area contributed by atoms with Gasteiger partial charge >= 0.3 is 0 Å². The van der Waals surface area contributed by atoms with Crippen molar-refractivity contribution >= 4 is 0 Å². The number of hydrogen-bond donors (Lipinski definition) is 1. The van der Waals surface area contributed by atoms with E-state index in [1.807, 2.05) is 30.3 Å². The molecule has 0 spiro atoms. The van der Waals surface area contributed by atoms with Crippen LogP contribution in [-0.2, 0) is 6.42 Å². The maximum Gasteiger partial charge on any atom is 0.121 e. The first-order valence-electron chi connectivity index (χ1n) is 7.04. The van der Waals surface area contributed by atoms with Crippen molar-refractivity contribution in [1.29, 1.82) is 5.26 Å². The van der Waals surface area contributed by atoms with Crippen LogP contribution in [0.3, 0.4) is 0 Å².